The van der Waals surface area contributed by atoms with Gasteiger partial charge in [-0.05, 0) is 39.9 Å². The summed E-state index contributed by atoms with van der Waals surface area (Å²) < 4.78 is 1.08. The summed E-state index contributed by atoms with van der Waals surface area (Å²) in [7, 11) is -1.79. The summed E-state index contributed by atoms with van der Waals surface area (Å²) >= 11 is 3.54. The molecule has 0 aromatic heterocycles. The van der Waals surface area contributed by atoms with Crippen molar-refractivity contribution < 1.29 is 4.79 Å². The van der Waals surface area contributed by atoms with Crippen LogP contribution in [0.2, 0.25) is 16.6 Å². The molecule has 0 N–H and O–H groups in total. The SMILES string of the molecule is CC(C)[Si](C(C)C)(C(C)C)C1C(=O)Cc2cc(Br)ccc21. The summed E-state index contributed by atoms with van der Waals surface area (Å²) in [4.78, 5) is 12.9. The Morgan fingerprint density at radius 1 is 1.05 bits per heavy atom. The second kappa shape index (κ2) is 6.00. The van der Waals surface area contributed by atoms with E-state index in [1.807, 2.05) is 0 Å². The van der Waals surface area contributed by atoms with E-state index >= 15 is 0 Å². The number of hydrogen-bond donors (Lipinski definition) is 0. The molecule has 0 saturated heterocycles. The first-order valence-electron chi connectivity index (χ1n) is 8.03. The molecule has 0 radical (unpaired) electrons. The number of halogens is 1. The largest absolute Gasteiger partial charge is 0.299 e. The molecule has 0 saturated carbocycles. The van der Waals surface area contributed by atoms with Gasteiger partial charge in [-0.3, -0.25) is 4.79 Å². The number of benzene rings is 1. The maximum atomic E-state index is 12.9. The molecule has 0 spiro atoms. The molecule has 1 atom stereocenters. The van der Waals surface area contributed by atoms with Crippen LogP contribution >= 0.6 is 15.9 Å². The molecule has 21 heavy (non-hydrogen) atoms. The molecule has 1 aromatic carbocycles. The van der Waals surface area contributed by atoms with Crippen molar-refractivity contribution >= 4 is 29.8 Å². The molecule has 0 fully saturated rings. The highest BCUT2D eigenvalue weighted by atomic mass is 79.9. The second-order valence-corrected chi connectivity index (χ2v) is 14.3. The zero-order valence-corrected chi connectivity index (χ0v) is 16.6. The van der Waals surface area contributed by atoms with Crippen molar-refractivity contribution in [2.75, 3.05) is 0 Å². The molecule has 2 rings (SSSR count). The summed E-state index contributed by atoms with van der Waals surface area (Å²) in [5.41, 5.74) is 4.59. The first-order valence-corrected chi connectivity index (χ1v) is 11.1. The lowest BCUT2D eigenvalue weighted by Gasteiger charge is -2.47. The van der Waals surface area contributed by atoms with Crippen molar-refractivity contribution in [3.05, 3.63) is 33.8 Å². The lowest BCUT2D eigenvalue weighted by atomic mass is 10.1. The van der Waals surface area contributed by atoms with Crippen LogP contribution in [0.3, 0.4) is 0 Å². The van der Waals surface area contributed by atoms with E-state index < -0.39 is 8.07 Å². The van der Waals surface area contributed by atoms with Gasteiger partial charge >= 0.3 is 0 Å². The Bertz CT molecular complexity index is 526. The van der Waals surface area contributed by atoms with Gasteiger partial charge in [0.05, 0.1) is 8.07 Å². The quantitative estimate of drug-likeness (QED) is 0.608. The number of carbonyl (C=O) groups is 1. The highest BCUT2D eigenvalue weighted by molar-refractivity contribution is 9.10. The van der Waals surface area contributed by atoms with Crippen LogP contribution in [0.15, 0.2) is 22.7 Å². The fourth-order valence-corrected chi connectivity index (χ4v) is 12.9. The standard InChI is InChI=1S/C18H27BrOSi/c1-11(2)21(12(3)4,13(5)6)18-16-8-7-15(19)9-14(16)10-17(18)20/h7-9,11-13,18H,10H2,1-6H3. The average molecular weight is 367 g/mol. The maximum Gasteiger partial charge on any atom is 0.142 e. The molecule has 0 heterocycles. The number of fused-ring (bicyclic) bond motifs is 1. The molecule has 1 unspecified atom stereocenters. The van der Waals surface area contributed by atoms with Crippen LogP contribution in [-0.4, -0.2) is 13.9 Å². The normalized spacial score (nSPS) is 19.0. The number of rotatable bonds is 4. The molecule has 0 bridgehead atoms. The molecular formula is C18H27BrOSi. The number of carbonyl (C=O) groups excluding carboxylic acids is 1. The van der Waals surface area contributed by atoms with Crippen molar-refractivity contribution in [2.24, 2.45) is 0 Å². The Balaban J connectivity index is 2.65. The van der Waals surface area contributed by atoms with Crippen molar-refractivity contribution in [2.45, 2.75) is 70.1 Å². The predicted octanol–water partition coefficient (Wildman–Crippen LogP) is 5.88. The fourth-order valence-electron chi connectivity index (χ4n) is 5.02. The Labute approximate surface area is 138 Å². The highest BCUT2D eigenvalue weighted by Gasteiger charge is 2.54. The molecule has 1 aliphatic rings. The maximum absolute atomic E-state index is 12.9. The Kier molecular flexibility index (Phi) is 4.84. The van der Waals surface area contributed by atoms with Gasteiger partial charge in [-0.15, -0.1) is 0 Å². The molecule has 1 nitrogen and oxygen atoms in total. The van der Waals surface area contributed by atoms with E-state index in [9.17, 15) is 4.79 Å². The zero-order valence-electron chi connectivity index (χ0n) is 14.0. The van der Waals surface area contributed by atoms with Gasteiger partial charge in [0.15, 0.2) is 0 Å². The van der Waals surface area contributed by atoms with E-state index in [1.165, 1.54) is 11.1 Å². The lowest BCUT2D eigenvalue weighted by Crippen LogP contribution is -2.52. The lowest BCUT2D eigenvalue weighted by molar-refractivity contribution is -0.117. The highest BCUT2D eigenvalue weighted by Crippen LogP contribution is 2.53. The predicted molar refractivity (Wildman–Crippen MR) is 96.6 cm³/mol. The van der Waals surface area contributed by atoms with E-state index in [0.717, 1.165) is 4.47 Å². The minimum atomic E-state index is -1.79. The molecular weight excluding hydrogens is 340 g/mol. The van der Waals surface area contributed by atoms with Gasteiger partial charge in [0, 0.05) is 16.4 Å². The third kappa shape index (κ3) is 2.57. The van der Waals surface area contributed by atoms with E-state index in [-0.39, 0.29) is 5.54 Å². The average Bonchev–Trinajstić information content (AvgIpc) is 2.65. The van der Waals surface area contributed by atoms with Crippen LogP contribution in [0, 0.1) is 0 Å². The first kappa shape index (κ1) is 16.9. The van der Waals surface area contributed by atoms with E-state index in [4.69, 9.17) is 0 Å². The second-order valence-electron chi connectivity index (χ2n) is 7.38. The topological polar surface area (TPSA) is 17.1 Å². The van der Waals surface area contributed by atoms with E-state index in [1.54, 1.807) is 0 Å². The van der Waals surface area contributed by atoms with Gasteiger partial charge in [0.2, 0.25) is 0 Å². The monoisotopic (exact) mass is 366 g/mol. The van der Waals surface area contributed by atoms with E-state index in [2.05, 4.69) is 75.7 Å². The summed E-state index contributed by atoms with van der Waals surface area (Å²) in [6.45, 7) is 14.1. The van der Waals surface area contributed by atoms with Gasteiger partial charge in [-0.1, -0.05) is 63.5 Å². The minimum absolute atomic E-state index is 0.181. The molecule has 1 aromatic rings. The van der Waals surface area contributed by atoms with Crippen LogP contribution in [-0.2, 0) is 11.2 Å². The van der Waals surface area contributed by atoms with Gasteiger partial charge in [0.25, 0.3) is 0 Å². The van der Waals surface area contributed by atoms with Crippen LogP contribution in [0.5, 0.6) is 0 Å². The van der Waals surface area contributed by atoms with Gasteiger partial charge in [-0.2, -0.15) is 0 Å². The third-order valence-electron chi connectivity index (χ3n) is 5.60. The Morgan fingerprint density at radius 3 is 2.05 bits per heavy atom. The smallest absolute Gasteiger partial charge is 0.142 e. The zero-order chi connectivity index (χ0) is 15.9. The summed E-state index contributed by atoms with van der Waals surface area (Å²) in [5.74, 6) is 0.464. The van der Waals surface area contributed by atoms with Gasteiger partial charge in [-0.25, -0.2) is 0 Å². The van der Waals surface area contributed by atoms with E-state index in [0.29, 0.717) is 28.8 Å². The van der Waals surface area contributed by atoms with Crippen LogP contribution in [0.4, 0.5) is 0 Å². The third-order valence-corrected chi connectivity index (χ3v) is 13.7. The van der Waals surface area contributed by atoms with Gasteiger partial charge < -0.3 is 0 Å². The summed E-state index contributed by atoms with van der Waals surface area (Å²) in [5, 5.41) is 0. The van der Waals surface area contributed by atoms with Crippen molar-refractivity contribution in [1.29, 1.82) is 0 Å². The molecule has 1 aliphatic carbocycles. The number of Topliss-reactive ketones (excluding diaryl/α,β-unsaturated/α-hetero) is 1. The molecule has 116 valence electrons. The number of ketones is 1. The van der Waals surface area contributed by atoms with Crippen LogP contribution in [0.1, 0.15) is 58.2 Å². The molecule has 0 aliphatic heterocycles. The van der Waals surface area contributed by atoms with Crippen molar-refractivity contribution in [3.8, 4) is 0 Å². The van der Waals surface area contributed by atoms with Crippen molar-refractivity contribution in [3.63, 3.8) is 0 Å². The summed E-state index contributed by atoms with van der Waals surface area (Å²) in [6.07, 6.45) is 0.625. The summed E-state index contributed by atoms with van der Waals surface area (Å²) in [6, 6.07) is 6.45. The van der Waals surface area contributed by atoms with Crippen molar-refractivity contribution in [1.82, 2.24) is 0 Å². The minimum Gasteiger partial charge on any atom is -0.299 e. The van der Waals surface area contributed by atoms with Crippen LogP contribution < -0.4 is 0 Å². The Morgan fingerprint density at radius 2 is 1.57 bits per heavy atom. The molecule has 0 amide bonds. The van der Waals surface area contributed by atoms with Crippen LogP contribution in [0.25, 0.3) is 0 Å². The Hall–Kier alpha value is -0.413. The number of hydrogen-bond acceptors (Lipinski definition) is 1. The first-order chi connectivity index (χ1) is 9.72. The molecule has 3 heteroatoms. The van der Waals surface area contributed by atoms with Gasteiger partial charge in [0.1, 0.15) is 5.78 Å². The fraction of sp³-hybridized carbons (Fsp3) is 0.611.